The number of benzene rings is 2. The highest BCUT2D eigenvalue weighted by molar-refractivity contribution is 6.62. The molecule has 2 aromatic carbocycles. The Morgan fingerprint density at radius 1 is 0.897 bits per heavy atom. The van der Waals surface area contributed by atoms with Crippen molar-refractivity contribution in [3.63, 3.8) is 0 Å². The minimum absolute atomic E-state index is 0.0977. The van der Waals surface area contributed by atoms with E-state index in [-0.39, 0.29) is 24.3 Å². The van der Waals surface area contributed by atoms with Crippen LogP contribution in [0.4, 0.5) is 0 Å². The molecule has 1 saturated carbocycles. The van der Waals surface area contributed by atoms with Gasteiger partial charge in [-0.25, -0.2) is 0 Å². The highest BCUT2D eigenvalue weighted by atomic mass is 16.7. The van der Waals surface area contributed by atoms with E-state index in [1.165, 1.54) is 0 Å². The maximum atomic E-state index is 12.3. The summed E-state index contributed by atoms with van der Waals surface area (Å²) < 4.78 is 17.5. The molecule has 2 aromatic rings. The third kappa shape index (κ3) is 3.51. The molecule has 152 valence electrons. The highest BCUT2D eigenvalue weighted by Gasteiger charge is 2.53. The summed E-state index contributed by atoms with van der Waals surface area (Å²) in [6.07, 6.45) is 1.74. The number of rotatable bonds is 5. The van der Waals surface area contributed by atoms with Crippen LogP contribution in [-0.4, -0.2) is 30.9 Å². The van der Waals surface area contributed by atoms with Crippen molar-refractivity contribution in [2.45, 2.75) is 64.1 Å². The van der Waals surface area contributed by atoms with Gasteiger partial charge in [-0.05, 0) is 69.6 Å². The fourth-order valence-electron chi connectivity index (χ4n) is 3.80. The molecule has 0 bridgehead atoms. The van der Waals surface area contributed by atoms with E-state index in [2.05, 4.69) is 76.2 Å². The van der Waals surface area contributed by atoms with Gasteiger partial charge in [-0.15, -0.1) is 0 Å². The van der Waals surface area contributed by atoms with Gasteiger partial charge >= 0.3 is 13.1 Å². The maximum absolute atomic E-state index is 12.3. The van der Waals surface area contributed by atoms with Gasteiger partial charge in [-0.2, -0.15) is 0 Å². The molecule has 1 aliphatic heterocycles. The lowest BCUT2D eigenvalue weighted by atomic mass is 9.78. The normalized spacial score (nSPS) is 21.1. The molecule has 0 unspecified atom stereocenters. The number of carbonyl (C=O) groups excluding carboxylic acids is 1. The molecule has 1 aliphatic carbocycles. The van der Waals surface area contributed by atoms with Gasteiger partial charge < -0.3 is 14.0 Å². The van der Waals surface area contributed by atoms with Crippen LogP contribution in [0.1, 0.15) is 53.0 Å². The van der Waals surface area contributed by atoms with Crippen molar-refractivity contribution in [2.24, 2.45) is 0 Å². The molecule has 1 saturated heterocycles. The van der Waals surface area contributed by atoms with Gasteiger partial charge in [0.1, 0.15) is 0 Å². The molecule has 4 rings (SSSR count). The molecule has 0 N–H and O–H groups in total. The Kier molecular flexibility index (Phi) is 4.87. The minimum Gasteiger partial charge on any atom is -0.465 e. The second-order valence-electron chi connectivity index (χ2n) is 9.09. The predicted octanol–water partition coefficient (Wildman–Crippen LogP) is 4.25. The fourth-order valence-corrected chi connectivity index (χ4v) is 3.80. The molecule has 5 heteroatoms. The molecule has 0 spiro atoms. The number of esters is 1. The van der Waals surface area contributed by atoms with E-state index in [0.717, 1.165) is 35.0 Å². The van der Waals surface area contributed by atoms with Gasteiger partial charge in [-0.3, -0.25) is 4.79 Å². The average molecular weight is 392 g/mol. The monoisotopic (exact) mass is 392 g/mol. The lowest BCUT2D eigenvalue weighted by molar-refractivity contribution is -0.146. The zero-order valence-electron chi connectivity index (χ0n) is 18.0. The van der Waals surface area contributed by atoms with Crippen molar-refractivity contribution in [3.8, 4) is 11.1 Å². The number of carbonyl (C=O) groups is 1. The predicted molar refractivity (Wildman–Crippen MR) is 115 cm³/mol. The van der Waals surface area contributed by atoms with Crippen LogP contribution in [0.5, 0.6) is 0 Å². The van der Waals surface area contributed by atoms with Gasteiger partial charge in [0.15, 0.2) is 0 Å². The summed E-state index contributed by atoms with van der Waals surface area (Å²) in [4.78, 5) is 12.3. The first kappa shape index (κ1) is 20.2. The summed E-state index contributed by atoms with van der Waals surface area (Å²) in [6, 6.07) is 16.6. The molecular formula is C24H29BO4. The van der Waals surface area contributed by atoms with Crippen LogP contribution in [0, 0.1) is 0 Å². The lowest BCUT2D eigenvalue weighted by Gasteiger charge is -2.32. The molecule has 1 heterocycles. The SMILES string of the molecule is CCOC(=O)C1(c2ccc(-c3ccc(B4OC(C)(C)C(C)(C)O4)cc3)cc2)CC1. The van der Waals surface area contributed by atoms with Crippen LogP contribution in [0.15, 0.2) is 48.5 Å². The maximum Gasteiger partial charge on any atom is 0.494 e. The Labute approximate surface area is 173 Å². The number of hydrogen-bond donors (Lipinski definition) is 0. The van der Waals surface area contributed by atoms with Crippen molar-refractivity contribution in [3.05, 3.63) is 54.1 Å². The van der Waals surface area contributed by atoms with Crippen LogP contribution < -0.4 is 5.46 Å². The lowest BCUT2D eigenvalue weighted by Crippen LogP contribution is -2.41. The Hall–Kier alpha value is -2.11. The van der Waals surface area contributed by atoms with Crippen LogP contribution in [0.2, 0.25) is 0 Å². The fraction of sp³-hybridized carbons (Fsp3) is 0.458. The zero-order valence-corrected chi connectivity index (χ0v) is 18.0. The summed E-state index contributed by atoms with van der Waals surface area (Å²) in [5, 5.41) is 0. The van der Waals surface area contributed by atoms with Gasteiger partial charge in [0, 0.05) is 0 Å². The molecule has 2 aliphatic rings. The number of hydrogen-bond acceptors (Lipinski definition) is 4. The molecule has 0 amide bonds. The van der Waals surface area contributed by atoms with Crippen LogP contribution in [-0.2, 0) is 24.3 Å². The van der Waals surface area contributed by atoms with Crippen molar-refractivity contribution in [2.75, 3.05) is 6.61 Å². The summed E-state index contributed by atoms with van der Waals surface area (Å²) in [5.74, 6) is -0.0977. The quantitative estimate of drug-likeness (QED) is 0.564. The molecule has 4 nitrogen and oxygen atoms in total. The third-order valence-electron chi connectivity index (χ3n) is 6.62. The van der Waals surface area contributed by atoms with Crippen LogP contribution in [0.3, 0.4) is 0 Å². The van der Waals surface area contributed by atoms with Crippen molar-refractivity contribution in [1.82, 2.24) is 0 Å². The van der Waals surface area contributed by atoms with E-state index < -0.39 is 5.41 Å². The summed E-state index contributed by atoms with van der Waals surface area (Å²) in [7, 11) is -0.351. The van der Waals surface area contributed by atoms with Gasteiger partial charge in [0.2, 0.25) is 0 Å². The first-order valence-electron chi connectivity index (χ1n) is 10.4. The molecular weight excluding hydrogens is 363 g/mol. The van der Waals surface area contributed by atoms with E-state index in [9.17, 15) is 4.79 Å². The van der Waals surface area contributed by atoms with Gasteiger partial charge in [0.25, 0.3) is 0 Å². The summed E-state index contributed by atoms with van der Waals surface area (Å²) in [6.45, 7) is 10.5. The largest absolute Gasteiger partial charge is 0.494 e. The second kappa shape index (κ2) is 7.00. The Morgan fingerprint density at radius 2 is 1.38 bits per heavy atom. The van der Waals surface area contributed by atoms with Crippen LogP contribution in [0.25, 0.3) is 11.1 Å². The summed E-state index contributed by atoms with van der Waals surface area (Å²) >= 11 is 0. The van der Waals surface area contributed by atoms with Crippen LogP contribution >= 0.6 is 0 Å². The smallest absolute Gasteiger partial charge is 0.465 e. The molecule has 2 fully saturated rings. The Morgan fingerprint density at radius 3 is 1.83 bits per heavy atom. The molecule has 0 atom stereocenters. The topological polar surface area (TPSA) is 44.8 Å². The third-order valence-corrected chi connectivity index (χ3v) is 6.62. The summed E-state index contributed by atoms with van der Waals surface area (Å²) in [5.41, 5.74) is 3.20. The first-order valence-corrected chi connectivity index (χ1v) is 10.4. The molecule has 29 heavy (non-hydrogen) atoms. The van der Waals surface area contributed by atoms with E-state index in [1.54, 1.807) is 0 Å². The Bertz CT molecular complexity index is 879. The van der Waals surface area contributed by atoms with E-state index in [0.29, 0.717) is 6.61 Å². The van der Waals surface area contributed by atoms with Crippen molar-refractivity contribution >= 4 is 18.6 Å². The van der Waals surface area contributed by atoms with Gasteiger partial charge in [-0.1, -0.05) is 48.5 Å². The van der Waals surface area contributed by atoms with E-state index in [1.807, 2.05) is 6.92 Å². The number of ether oxygens (including phenoxy) is 1. The first-order chi connectivity index (χ1) is 13.7. The van der Waals surface area contributed by atoms with Crippen molar-refractivity contribution in [1.29, 1.82) is 0 Å². The minimum atomic E-state index is -0.421. The standard InChI is InChI=1S/C24H29BO4/c1-6-27-21(26)24(15-16-24)19-11-7-17(8-12-19)18-9-13-20(14-10-18)25-28-22(2,3)23(4,5)29-25/h7-14H,6,15-16H2,1-5H3. The Balaban J connectivity index is 1.50. The zero-order chi connectivity index (χ0) is 20.9. The average Bonchev–Trinajstić information content (AvgIpc) is 3.46. The second-order valence-corrected chi connectivity index (χ2v) is 9.09. The molecule has 0 radical (unpaired) electrons. The van der Waals surface area contributed by atoms with E-state index >= 15 is 0 Å². The molecule has 0 aromatic heterocycles. The van der Waals surface area contributed by atoms with Crippen molar-refractivity contribution < 1.29 is 18.8 Å². The van der Waals surface area contributed by atoms with E-state index in [4.69, 9.17) is 14.0 Å². The highest BCUT2D eigenvalue weighted by Crippen LogP contribution is 2.49. The van der Waals surface area contributed by atoms with Gasteiger partial charge in [0.05, 0.1) is 23.2 Å².